The first-order chi connectivity index (χ1) is 16.1. The molecule has 188 valence electrons. The van der Waals surface area contributed by atoms with E-state index in [-0.39, 0.29) is 22.7 Å². The summed E-state index contributed by atoms with van der Waals surface area (Å²) < 4.78 is 65.8. The molecule has 2 atom stereocenters. The zero-order valence-corrected chi connectivity index (χ0v) is 19.8. The maximum absolute atomic E-state index is 14.8. The van der Waals surface area contributed by atoms with Crippen LogP contribution in [0, 0.1) is 23.5 Å². The van der Waals surface area contributed by atoms with Crippen LogP contribution in [-0.4, -0.2) is 28.2 Å². The van der Waals surface area contributed by atoms with Crippen LogP contribution < -0.4 is 16.0 Å². The van der Waals surface area contributed by atoms with Crippen molar-refractivity contribution >= 4 is 69.6 Å². The lowest BCUT2D eigenvalue weighted by Gasteiger charge is -2.17. The van der Waals surface area contributed by atoms with Crippen molar-refractivity contribution in [1.29, 1.82) is 0 Å². The van der Waals surface area contributed by atoms with E-state index in [1.165, 1.54) is 18.2 Å². The van der Waals surface area contributed by atoms with E-state index in [0.717, 1.165) is 6.07 Å². The minimum atomic E-state index is -4.94. The highest BCUT2D eigenvalue weighted by Gasteiger charge is 2.56. The highest BCUT2D eigenvalue weighted by molar-refractivity contribution is 6.52. The molecule has 1 unspecified atom stereocenters. The molecule has 2 aromatic rings. The van der Waals surface area contributed by atoms with Crippen LogP contribution in [0.5, 0.6) is 0 Å². The fraction of sp³-hybridized carbons (Fsp3) is 0.286. The second-order valence-corrected chi connectivity index (χ2v) is 9.64. The molecule has 2 aromatic carbocycles. The fourth-order valence-corrected chi connectivity index (χ4v) is 3.55. The second kappa shape index (κ2) is 9.79. The van der Waals surface area contributed by atoms with Gasteiger partial charge in [-0.3, -0.25) is 14.4 Å². The first kappa shape index (κ1) is 27.0. The molecule has 0 saturated heterocycles. The van der Waals surface area contributed by atoms with Crippen LogP contribution in [0.25, 0.3) is 0 Å². The number of hydrogen-bond donors (Lipinski definition) is 3. The van der Waals surface area contributed by atoms with Crippen molar-refractivity contribution < 1.29 is 36.3 Å². The minimum absolute atomic E-state index is 0.0917. The van der Waals surface area contributed by atoms with Gasteiger partial charge in [0.05, 0.1) is 22.2 Å². The molecule has 3 rings (SSSR count). The van der Waals surface area contributed by atoms with E-state index in [9.17, 15) is 36.3 Å². The molecule has 0 radical (unpaired) electrons. The molecule has 35 heavy (non-hydrogen) atoms. The van der Waals surface area contributed by atoms with Crippen molar-refractivity contribution in [2.24, 2.45) is 11.8 Å². The van der Waals surface area contributed by atoms with E-state index in [1.54, 1.807) is 5.32 Å². The predicted molar refractivity (Wildman–Crippen MR) is 121 cm³/mol. The van der Waals surface area contributed by atoms with Gasteiger partial charge < -0.3 is 16.0 Å². The fourth-order valence-electron chi connectivity index (χ4n) is 2.84. The maximum Gasteiger partial charge on any atom is 0.400 e. The minimum Gasteiger partial charge on any atom is -0.326 e. The number of halogens is 8. The van der Waals surface area contributed by atoms with E-state index in [4.69, 9.17) is 34.8 Å². The number of carbonyl (C=O) groups excluding carboxylic acids is 3. The van der Waals surface area contributed by atoms with Gasteiger partial charge in [-0.2, -0.15) is 13.2 Å². The molecular formula is C21H15Cl3F5N3O3. The molecule has 3 amide bonds. The van der Waals surface area contributed by atoms with Gasteiger partial charge in [0.25, 0.3) is 5.91 Å². The first-order valence-electron chi connectivity index (χ1n) is 9.77. The lowest BCUT2D eigenvalue weighted by Crippen LogP contribution is -2.33. The van der Waals surface area contributed by atoms with Crippen LogP contribution in [0.15, 0.2) is 30.3 Å². The van der Waals surface area contributed by atoms with Gasteiger partial charge in [0.2, 0.25) is 11.8 Å². The van der Waals surface area contributed by atoms with Gasteiger partial charge in [-0.1, -0.05) is 11.6 Å². The monoisotopic (exact) mass is 557 g/mol. The number of carbonyl (C=O) groups is 3. The van der Waals surface area contributed by atoms with Crippen LogP contribution in [-0.2, 0) is 9.59 Å². The molecule has 0 bridgehead atoms. The van der Waals surface area contributed by atoms with E-state index < -0.39 is 63.1 Å². The Labute approximate surface area is 210 Å². The summed E-state index contributed by atoms with van der Waals surface area (Å²) in [4.78, 5) is 36.6. The third-order valence-corrected chi connectivity index (χ3v) is 6.26. The van der Waals surface area contributed by atoms with Gasteiger partial charge in [-0.25, -0.2) is 8.78 Å². The Morgan fingerprint density at radius 1 is 1.06 bits per heavy atom. The molecule has 0 heterocycles. The predicted octanol–water partition coefficient (Wildman–Crippen LogP) is 6.14. The van der Waals surface area contributed by atoms with Gasteiger partial charge in [-0.15, -0.1) is 23.2 Å². The van der Waals surface area contributed by atoms with E-state index in [0.29, 0.717) is 13.0 Å². The summed E-state index contributed by atoms with van der Waals surface area (Å²) in [5.41, 5.74) is -1.90. The molecule has 0 spiro atoms. The van der Waals surface area contributed by atoms with Crippen molar-refractivity contribution in [3.63, 3.8) is 0 Å². The molecule has 1 fully saturated rings. The quantitative estimate of drug-likeness (QED) is 0.294. The molecule has 3 N–H and O–H groups in total. The normalized spacial score (nSPS) is 17.3. The zero-order chi connectivity index (χ0) is 26.3. The molecule has 1 aliphatic rings. The smallest absolute Gasteiger partial charge is 0.326 e. The Bertz CT molecular complexity index is 1210. The maximum atomic E-state index is 14.8. The Balaban J connectivity index is 1.79. The van der Waals surface area contributed by atoms with Gasteiger partial charge in [0, 0.05) is 5.69 Å². The number of nitrogens with one attached hydrogen (secondary N) is 3. The summed E-state index contributed by atoms with van der Waals surface area (Å²) in [6, 6.07) is 5.29. The lowest BCUT2D eigenvalue weighted by atomic mass is 10.1. The van der Waals surface area contributed by atoms with Crippen LogP contribution in [0.2, 0.25) is 5.02 Å². The third kappa shape index (κ3) is 6.14. The molecule has 14 heteroatoms. The van der Waals surface area contributed by atoms with Gasteiger partial charge >= 0.3 is 6.18 Å². The number of rotatable bonds is 6. The van der Waals surface area contributed by atoms with Crippen molar-refractivity contribution in [1.82, 2.24) is 0 Å². The van der Waals surface area contributed by atoms with Crippen molar-refractivity contribution in [2.45, 2.75) is 23.9 Å². The molecule has 0 aromatic heterocycles. The van der Waals surface area contributed by atoms with Crippen LogP contribution in [0.3, 0.4) is 0 Å². The number of benzene rings is 2. The number of hydrogen-bond acceptors (Lipinski definition) is 3. The number of amides is 3. The topological polar surface area (TPSA) is 87.3 Å². The average molecular weight is 559 g/mol. The summed E-state index contributed by atoms with van der Waals surface area (Å²) in [6.45, 7) is 0.522. The number of anilines is 3. The van der Waals surface area contributed by atoms with E-state index >= 15 is 0 Å². The van der Waals surface area contributed by atoms with Crippen molar-refractivity contribution in [3.8, 4) is 0 Å². The van der Waals surface area contributed by atoms with Crippen molar-refractivity contribution in [3.05, 3.63) is 52.6 Å². The molecule has 0 aliphatic heterocycles. The highest BCUT2D eigenvalue weighted by Crippen LogP contribution is 2.53. The summed E-state index contributed by atoms with van der Waals surface area (Å²) in [6.07, 6.45) is -4.69. The first-order valence-corrected chi connectivity index (χ1v) is 10.9. The zero-order valence-electron chi connectivity index (χ0n) is 17.5. The highest BCUT2D eigenvalue weighted by atomic mass is 35.5. The average Bonchev–Trinajstić information content (AvgIpc) is 3.41. The largest absolute Gasteiger partial charge is 0.400 e. The molecule has 1 saturated carbocycles. The standard InChI is InChI=1S/C21H15Cl3F5N3O3/c1-8(21(27,28)29)17(33)32-16-13(25)4-5-14(15(16)26)31-18(34)10-6-9(2-3-12(10)22)30-19(35)11-7-20(11,23)24/h2-6,8,11H,7H2,1H3,(H,30,35)(H,31,34)(H,32,33)/t8?,11-/m1/s1. The lowest BCUT2D eigenvalue weighted by molar-refractivity contribution is -0.175. The van der Waals surface area contributed by atoms with E-state index in [1.807, 2.05) is 0 Å². The number of alkyl halides is 5. The SMILES string of the molecule is CC(C(=O)Nc1c(F)ccc(NC(=O)c2cc(NC(=O)[C@H]3CC3(Cl)Cl)ccc2Cl)c1F)C(F)(F)F. The second-order valence-electron chi connectivity index (χ2n) is 7.69. The van der Waals surface area contributed by atoms with Crippen LogP contribution in [0.1, 0.15) is 23.7 Å². The van der Waals surface area contributed by atoms with E-state index in [2.05, 4.69) is 10.6 Å². The van der Waals surface area contributed by atoms with Crippen molar-refractivity contribution in [2.75, 3.05) is 16.0 Å². The Morgan fingerprint density at radius 3 is 2.26 bits per heavy atom. The summed E-state index contributed by atoms with van der Waals surface area (Å²) in [5, 5.41) is 6.07. The summed E-state index contributed by atoms with van der Waals surface area (Å²) in [5.74, 6) is -9.26. The Morgan fingerprint density at radius 2 is 1.69 bits per heavy atom. The summed E-state index contributed by atoms with van der Waals surface area (Å²) >= 11 is 17.7. The summed E-state index contributed by atoms with van der Waals surface area (Å²) in [7, 11) is 0. The van der Waals surface area contributed by atoms with Gasteiger partial charge in [0.1, 0.15) is 21.8 Å². The Kier molecular flexibility index (Phi) is 7.54. The molecule has 6 nitrogen and oxygen atoms in total. The Hall–Kier alpha value is -2.63. The van der Waals surface area contributed by atoms with Gasteiger partial charge in [-0.05, 0) is 43.7 Å². The van der Waals surface area contributed by atoms with Crippen LogP contribution >= 0.6 is 34.8 Å². The van der Waals surface area contributed by atoms with Crippen LogP contribution in [0.4, 0.5) is 39.0 Å². The molecule has 1 aliphatic carbocycles. The van der Waals surface area contributed by atoms with Gasteiger partial charge in [0.15, 0.2) is 5.82 Å². The third-order valence-electron chi connectivity index (χ3n) is 5.09. The molecular weight excluding hydrogens is 544 g/mol.